The Kier molecular flexibility index (Phi) is 10.2. The van der Waals surface area contributed by atoms with E-state index in [0.29, 0.717) is 6.42 Å². The Morgan fingerprint density at radius 2 is 1.55 bits per heavy atom. The van der Waals surface area contributed by atoms with Gasteiger partial charge in [-0.05, 0) is 24.8 Å². The van der Waals surface area contributed by atoms with Crippen molar-refractivity contribution >= 4 is 5.78 Å². The van der Waals surface area contributed by atoms with Crippen molar-refractivity contribution in [3.63, 3.8) is 0 Å². The first kappa shape index (κ1) is 19.2. The summed E-state index contributed by atoms with van der Waals surface area (Å²) < 4.78 is 0. The highest BCUT2D eigenvalue weighted by atomic mass is 16.7. The number of unbranched alkanes of at least 4 members (excludes halogenated alkanes) is 8. The number of rotatable bonds is 13. The minimum absolute atomic E-state index is 0.0899. The Morgan fingerprint density at radius 3 is 2.09 bits per heavy atom. The molecule has 1 unspecified atom stereocenters. The van der Waals surface area contributed by atoms with Crippen LogP contribution in [0.5, 0.6) is 0 Å². The molecule has 0 aromatic carbocycles. The summed E-state index contributed by atoms with van der Waals surface area (Å²) in [6, 6.07) is 0. The van der Waals surface area contributed by atoms with Gasteiger partial charge in [0.25, 0.3) is 0 Å². The van der Waals surface area contributed by atoms with Gasteiger partial charge in [0, 0.05) is 6.42 Å². The van der Waals surface area contributed by atoms with E-state index in [1.54, 1.807) is 0 Å². The van der Waals surface area contributed by atoms with E-state index in [9.17, 15) is 4.79 Å². The summed E-state index contributed by atoms with van der Waals surface area (Å²) >= 11 is 0. The van der Waals surface area contributed by atoms with Crippen LogP contribution in [-0.2, 0) is 9.63 Å². The summed E-state index contributed by atoms with van der Waals surface area (Å²) in [7, 11) is 0. The number of hydrogen-bond donors (Lipinski definition) is 1. The first-order valence-corrected chi connectivity index (χ1v) is 9.42. The van der Waals surface area contributed by atoms with Crippen LogP contribution in [0.3, 0.4) is 0 Å². The number of ketones is 1. The molecule has 0 aromatic rings. The van der Waals surface area contributed by atoms with Crippen LogP contribution >= 0.6 is 0 Å². The second kappa shape index (κ2) is 11.7. The number of carbonyl (C=O) groups excluding carboxylic acids is 1. The Bertz CT molecular complexity index is 349. The Hall–Kier alpha value is -0.830. The van der Waals surface area contributed by atoms with Crippen LogP contribution in [-0.4, -0.2) is 11.9 Å². The van der Waals surface area contributed by atoms with Crippen molar-refractivity contribution in [1.82, 2.24) is 5.48 Å². The van der Waals surface area contributed by atoms with Crippen LogP contribution < -0.4 is 5.48 Å². The topological polar surface area (TPSA) is 38.3 Å². The SMILES string of the molecule is CCCCCCCCCCCC(=O)C1=C(CC)C(CC)ON1. The molecule has 3 heteroatoms. The van der Waals surface area contributed by atoms with Gasteiger partial charge in [0.2, 0.25) is 0 Å². The summed E-state index contributed by atoms with van der Waals surface area (Å²) in [6.45, 7) is 6.44. The first-order valence-electron chi connectivity index (χ1n) is 9.42. The number of nitrogens with one attached hydrogen (secondary N) is 1. The van der Waals surface area contributed by atoms with Gasteiger partial charge in [0.15, 0.2) is 5.78 Å². The van der Waals surface area contributed by atoms with E-state index in [1.165, 1.54) is 51.4 Å². The van der Waals surface area contributed by atoms with Crippen molar-refractivity contribution in [1.29, 1.82) is 0 Å². The number of carbonyl (C=O) groups is 1. The van der Waals surface area contributed by atoms with Gasteiger partial charge in [-0.2, -0.15) is 0 Å². The van der Waals surface area contributed by atoms with E-state index >= 15 is 0 Å². The summed E-state index contributed by atoms with van der Waals surface area (Å²) in [5.41, 5.74) is 4.77. The number of Topliss-reactive ketones (excluding diaryl/α,β-unsaturated/α-hetero) is 1. The highest BCUT2D eigenvalue weighted by molar-refractivity contribution is 5.95. The zero-order valence-electron chi connectivity index (χ0n) is 14.9. The molecule has 1 heterocycles. The molecule has 22 heavy (non-hydrogen) atoms. The fourth-order valence-electron chi connectivity index (χ4n) is 3.12. The van der Waals surface area contributed by atoms with Crippen LogP contribution in [0.1, 0.15) is 97.8 Å². The number of hydrogen-bond acceptors (Lipinski definition) is 3. The predicted molar refractivity (Wildman–Crippen MR) is 92.5 cm³/mol. The molecule has 1 rings (SSSR count). The second-order valence-electron chi connectivity index (χ2n) is 6.37. The molecule has 3 nitrogen and oxygen atoms in total. The molecule has 1 N–H and O–H groups in total. The maximum absolute atomic E-state index is 12.3. The molecule has 1 atom stereocenters. The average molecular weight is 309 g/mol. The minimum Gasteiger partial charge on any atom is -0.292 e. The maximum Gasteiger partial charge on any atom is 0.181 e. The molecule has 0 fully saturated rings. The molecule has 0 spiro atoms. The van der Waals surface area contributed by atoms with Gasteiger partial charge in [-0.3, -0.25) is 15.1 Å². The number of hydroxylamine groups is 1. The van der Waals surface area contributed by atoms with E-state index in [2.05, 4.69) is 26.3 Å². The number of allylic oxidation sites excluding steroid dienone is 1. The molecule has 0 amide bonds. The first-order chi connectivity index (χ1) is 10.7. The molecular weight excluding hydrogens is 274 g/mol. The highest BCUT2D eigenvalue weighted by Crippen LogP contribution is 2.24. The van der Waals surface area contributed by atoms with E-state index in [-0.39, 0.29) is 11.9 Å². The summed E-state index contributed by atoms with van der Waals surface area (Å²) in [5.74, 6) is 0.232. The normalized spacial score (nSPS) is 17.9. The molecule has 0 saturated carbocycles. The fraction of sp³-hybridized carbons (Fsp3) is 0.842. The predicted octanol–water partition coefficient (Wildman–Crippen LogP) is 5.45. The van der Waals surface area contributed by atoms with Crippen LogP contribution in [0, 0.1) is 0 Å². The Labute approximate surface area is 136 Å². The van der Waals surface area contributed by atoms with E-state index < -0.39 is 0 Å². The molecule has 0 bridgehead atoms. The van der Waals surface area contributed by atoms with Gasteiger partial charge in [0.05, 0.1) is 0 Å². The maximum atomic E-state index is 12.3. The average Bonchev–Trinajstić information content (AvgIpc) is 2.96. The van der Waals surface area contributed by atoms with Crippen molar-refractivity contribution in [3.8, 4) is 0 Å². The third-order valence-corrected chi connectivity index (χ3v) is 4.55. The smallest absolute Gasteiger partial charge is 0.181 e. The molecular formula is C19H35NO2. The monoisotopic (exact) mass is 309 g/mol. The van der Waals surface area contributed by atoms with Gasteiger partial charge in [-0.1, -0.05) is 72.1 Å². The van der Waals surface area contributed by atoms with E-state index in [4.69, 9.17) is 4.84 Å². The van der Waals surface area contributed by atoms with Crippen molar-refractivity contribution in [2.24, 2.45) is 0 Å². The third-order valence-electron chi connectivity index (χ3n) is 4.55. The van der Waals surface area contributed by atoms with Gasteiger partial charge in [0.1, 0.15) is 11.8 Å². The molecule has 0 saturated heterocycles. The summed E-state index contributed by atoms with van der Waals surface area (Å²) in [6.07, 6.45) is 14.1. The lowest BCUT2D eigenvalue weighted by molar-refractivity contribution is -0.117. The van der Waals surface area contributed by atoms with Crippen LogP contribution in [0.2, 0.25) is 0 Å². The quantitative estimate of drug-likeness (QED) is 0.459. The summed E-state index contributed by atoms with van der Waals surface area (Å²) in [5, 5.41) is 0. The van der Waals surface area contributed by atoms with Crippen molar-refractivity contribution in [2.75, 3.05) is 0 Å². The lowest BCUT2D eigenvalue weighted by Gasteiger charge is -2.07. The van der Waals surface area contributed by atoms with Gasteiger partial charge in [-0.15, -0.1) is 0 Å². The van der Waals surface area contributed by atoms with Gasteiger partial charge >= 0.3 is 0 Å². The van der Waals surface area contributed by atoms with Crippen molar-refractivity contribution in [3.05, 3.63) is 11.3 Å². The lowest BCUT2D eigenvalue weighted by Crippen LogP contribution is -2.16. The second-order valence-corrected chi connectivity index (χ2v) is 6.37. The molecule has 1 aliphatic rings. The van der Waals surface area contributed by atoms with Gasteiger partial charge in [-0.25, -0.2) is 0 Å². The molecule has 0 aliphatic carbocycles. The third kappa shape index (κ3) is 6.51. The van der Waals surface area contributed by atoms with E-state index in [1.807, 2.05) is 0 Å². The largest absolute Gasteiger partial charge is 0.292 e. The molecule has 128 valence electrons. The Morgan fingerprint density at radius 1 is 0.955 bits per heavy atom. The van der Waals surface area contributed by atoms with Crippen LogP contribution in [0.25, 0.3) is 0 Å². The summed E-state index contributed by atoms with van der Waals surface area (Å²) in [4.78, 5) is 17.8. The lowest BCUT2D eigenvalue weighted by atomic mass is 9.99. The zero-order chi connectivity index (χ0) is 16.2. The molecule has 0 aromatic heterocycles. The fourth-order valence-corrected chi connectivity index (χ4v) is 3.12. The van der Waals surface area contributed by atoms with Crippen molar-refractivity contribution < 1.29 is 9.63 Å². The zero-order valence-corrected chi connectivity index (χ0v) is 14.9. The van der Waals surface area contributed by atoms with Gasteiger partial charge < -0.3 is 0 Å². The van der Waals surface area contributed by atoms with Crippen LogP contribution in [0.4, 0.5) is 0 Å². The molecule has 0 radical (unpaired) electrons. The Balaban J connectivity index is 2.13. The van der Waals surface area contributed by atoms with E-state index in [0.717, 1.165) is 30.5 Å². The standard InChI is InChI=1S/C19H35NO2/c1-4-7-8-9-10-11-12-13-14-15-17(21)19-16(5-2)18(6-3)22-20-19/h18,20H,4-15H2,1-3H3. The molecule has 1 aliphatic heterocycles. The highest BCUT2D eigenvalue weighted by Gasteiger charge is 2.27. The minimum atomic E-state index is 0.0899. The van der Waals surface area contributed by atoms with Crippen LogP contribution in [0.15, 0.2) is 11.3 Å². The van der Waals surface area contributed by atoms with Crippen molar-refractivity contribution in [2.45, 2.75) is 104 Å².